The first kappa shape index (κ1) is 10.1. The molecule has 0 spiro atoms. The lowest BCUT2D eigenvalue weighted by molar-refractivity contribution is 0.834. The molecule has 0 saturated heterocycles. The number of hydrogen-bond acceptors (Lipinski definition) is 0. The van der Waals surface area contributed by atoms with Gasteiger partial charge in [-0.3, -0.25) is 0 Å². The molecule has 0 unspecified atom stereocenters. The van der Waals surface area contributed by atoms with Crippen LogP contribution < -0.4 is 0 Å². The fourth-order valence-electron chi connectivity index (χ4n) is 1.82. The molecule has 0 heterocycles. The van der Waals surface area contributed by atoms with Crippen LogP contribution in [-0.2, 0) is 0 Å². The van der Waals surface area contributed by atoms with Crippen LogP contribution in [0.5, 0.6) is 0 Å². The molecule has 0 heteroatoms. The summed E-state index contributed by atoms with van der Waals surface area (Å²) in [6.45, 7) is 13.9. The molecule has 0 N–H and O–H groups in total. The van der Waals surface area contributed by atoms with E-state index in [9.17, 15) is 0 Å². The zero-order valence-corrected chi connectivity index (χ0v) is 9.46. The third kappa shape index (κ3) is 2.02. The van der Waals surface area contributed by atoms with E-state index in [1.807, 2.05) is 0 Å². The van der Waals surface area contributed by atoms with Gasteiger partial charge in [0.2, 0.25) is 0 Å². The van der Waals surface area contributed by atoms with Crippen LogP contribution in [0.3, 0.4) is 0 Å². The van der Waals surface area contributed by atoms with Crippen LogP contribution in [0.25, 0.3) is 0 Å². The number of rotatable bonds is 0. The molecule has 0 aromatic heterocycles. The highest BCUT2D eigenvalue weighted by Crippen LogP contribution is 2.44. The van der Waals surface area contributed by atoms with Gasteiger partial charge in [0, 0.05) is 0 Å². The highest BCUT2D eigenvalue weighted by Gasteiger charge is 2.38. The Balaban J connectivity index is 0.000000120. The molecular weight excluding hydrogens is 144 g/mol. The van der Waals surface area contributed by atoms with Crippen LogP contribution in [0.1, 0.15) is 41.5 Å². The normalized spacial score (nSPS) is 55.5. The third-order valence-corrected chi connectivity index (χ3v) is 4.69. The summed E-state index contributed by atoms with van der Waals surface area (Å²) in [6.07, 6.45) is 0. The first-order valence-corrected chi connectivity index (χ1v) is 5.46. The maximum atomic E-state index is 2.31. The van der Waals surface area contributed by atoms with Crippen molar-refractivity contribution < 1.29 is 0 Å². The lowest BCUT2D eigenvalue weighted by atomic mass is 10.4. The van der Waals surface area contributed by atoms with Gasteiger partial charge < -0.3 is 0 Å². The zero-order chi connectivity index (χ0) is 9.46. The molecule has 72 valence electrons. The molecular formula is C12H24. The third-order valence-electron chi connectivity index (χ3n) is 4.69. The summed E-state index contributed by atoms with van der Waals surface area (Å²) in [5.74, 6) is 6.11. The van der Waals surface area contributed by atoms with Gasteiger partial charge in [0.05, 0.1) is 0 Å². The Morgan fingerprint density at radius 2 is 0.417 bits per heavy atom. The Morgan fingerprint density at radius 3 is 0.417 bits per heavy atom. The molecule has 0 radical (unpaired) electrons. The predicted octanol–water partition coefficient (Wildman–Crippen LogP) is 3.82. The molecule has 12 heavy (non-hydrogen) atoms. The molecule has 0 aliphatic heterocycles. The summed E-state index contributed by atoms with van der Waals surface area (Å²) in [5, 5.41) is 0. The second-order valence-electron chi connectivity index (χ2n) is 5.15. The second kappa shape index (κ2) is 3.40. The van der Waals surface area contributed by atoms with Crippen LogP contribution in [0.15, 0.2) is 0 Å². The molecule has 2 saturated carbocycles. The first-order chi connectivity index (χ1) is 5.46. The van der Waals surface area contributed by atoms with E-state index in [0.717, 1.165) is 35.5 Å². The zero-order valence-electron chi connectivity index (χ0n) is 9.46. The molecule has 2 fully saturated rings. The largest absolute Gasteiger partial charge is 0.0620 e. The van der Waals surface area contributed by atoms with Gasteiger partial charge in [0.1, 0.15) is 0 Å². The fourth-order valence-corrected chi connectivity index (χ4v) is 1.82. The molecule has 0 amide bonds. The van der Waals surface area contributed by atoms with Crippen LogP contribution in [-0.4, -0.2) is 0 Å². The minimum Gasteiger partial charge on any atom is -0.0620 e. The highest BCUT2D eigenvalue weighted by atomic mass is 14.4. The van der Waals surface area contributed by atoms with Crippen molar-refractivity contribution in [2.75, 3.05) is 0 Å². The summed E-state index contributed by atoms with van der Waals surface area (Å²) in [5.41, 5.74) is 0. The van der Waals surface area contributed by atoms with E-state index in [0.29, 0.717) is 0 Å². The van der Waals surface area contributed by atoms with E-state index in [4.69, 9.17) is 0 Å². The smallest absolute Gasteiger partial charge is 0.0386 e. The van der Waals surface area contributed by atoms with Crippen LogP contribution in [0.4, 0.5) is 0 Å². The topological polar surface area (TPSA) is 0 Å². The van der Waals surface area contributed by atoms with E-state index < -0.39 is 0 Å². The Morgan fingerprint density at radius 1 is 0.333 bits per heavy atom. The van der Waals surface area contributed by atoms with Crippen molar-refractivity contribution in [1.82, 2.24) is 0 Å². The predicted molar refractivity (Wildman–Crippen MR) is 55.0 cm³/mol. The van der Waals surface area contributed by atoms with E-state index >= 15 is 0 Å². The average Bonchev–Trinajstić information content (AvgIpc) is 2.76. The average molecular weight is 168 g/mol. The van der Waals surface area contributed by atoms with Gasteiger partial charge >= 0.3 is 0 Å². The molecule has 0 aromatic carbocycles. The first-order valence-electron chi connectivity index (χ1n) is 5.46. The SMILES string of the molecule is CC1C(C)C1C.CC1C(C)C1C. The van der Waals surface area contributed by atoms with Crippen molar-refractivity contribution in [3.63, 3.8) is 0 Å². The Hall–Kier alpha value is 0. The van der Waals surface area contributed by atoms with Crippen molar-refractivity contribution in [3.05, 3.63) is 0 Å². The van der Waals surface area contributed by atoms with Gasteiger partial charge in [0.25, 0.3) is 0 Å². The Kier molecular flexibility index (Phi) is 2.85. The summed E-state index contributed by atoms with van der Waals surface area (Å²) >= 11 is 0. The van der Waals surface area contributed by atoms with E-state index in [-0.39, 0.29) is 0 Å². The fraction of sp³-hybridized carbons (Fsp3) is 1.00. The lowest BCUT2D eigenvalue weighted by Crippen LogP contribution is -1.58. The van der Waals surface area contributed by atoms with E-state index in [1.54, 1.807) is 0 Å². The van der Waals surface area contributed by atoms with Crippen LogP contribution in [0, 0.1) is 35.5 Å². The molecule has 0 bridgehead atoms. The second-order valence-corrected chi connectivity index (χ2v) is 5.15. The van der Waals surface area contributed by atoms with Crippen LogP contribution >= 0.6 is 0 Å². The van der Waals surface area contributed by atoms with Gasteiger partial charge in [0.15, 0.2) is 0 Å². The summed E-state index contributed by atoms with van der Waals surface area (Å²) in [7, 11) is 0. The quantitative estimate of drug-likeness (QED) is 0.516. The molecule has 0 aromatic rings. The highest BCUT2D eigenvalue weighted by molar-refractivity contribution is 4.86. The van der Waals surface area contributed by atoms with E-state index in [2.05, 4.69) is 41.5 Å². The van der Waals surface area contributed by atoms with Crippen molar-refractivity contribution in [2.24, 2.45) is 35.5 Å². The van der Waals surface area contributed by atoms with Gasteiger partial charge in [-0.25, -0.2) is 0 Å². The standard InChI is InChI=1S/2C6H12/c2*1-4-5(2)6(4)3/h2*4-6H,1-3H3. The summed E-state index contributed by atoms with van der Waals surface area (Å²) in [4.78, 5) is 0. The monoisotopic (exact) mass is 168 g/mol. The van der Waals surface area contributed by atoms with Gasteiger partial charge in [-0.05, 0) is 35.5 Å². The minimum atomic E-state index is 1.02. The Bertz CT molecular complexity index is 91.6. The maximum absolute atomic E-state index is 2.31. The maximum Gasteiger partial charge on any atom is -0.0386 e. The van der Waals surface area contributed by atoms with Crippen molar-refractivity contribution >= 4 is 0 Å². The van der Waals surface area contributed by atoms with E-state index in [1.165, 1.54) is 0 Å². The lowest BCUT2D eigenvalue weighted by Gasteiger charge is -1.66. The molecule has 2 rings (SSSR count). The van der Waals surface area contributed by atoms with Crippen molar-refractivity contribution in [1.29, 1.82) is 0 Å². The molecule has 2 aliphatic rings. The van der Waals surface area contributed by atoms with Gasteiger partial charge in [-0.1, -0.05) is 41.5 Å². The molecule has 2 aliphatic carbocycles. The van der Waals surface area contributed by atoms with Gasteiger partial charge in [-0.2, -0.15) is 0 Å². The Labute approximate surface area is 77.7 Å². The van der Waals surface area contributed by atoms with Crippen molar-refractivity contribution in [3.8, 4) is 0 Å². The number of hydrogen-bond donors (Lipinski definition) is 0. The summed E-state index contributed by atoms with van der Waals surface area (Å²) in [6, 6.07) is 0. The minimum absolute atomic E-state index is 1.02. The molecule has 0 nitrogen and oxygen atoms in total. The molecule has 0 atom stereocenters. The van der Waals surface area contributed by atoms with Gasteiger partial charge in [-0.15, -0.1) is 0 Å². The summed E-state index contributed by atoms with van der Waals surface area (Å²) < 4.78 is 0. The van der Waals surface area contributed by atoms with Crippen LogP contribution in [0.2, 0.25) is 0 Å². The van der Waals surface area contributed by atoms with Crippen molar-refractivity contribution in [2.45, 2.75) is 41.5 Å².